The highest BCUT2D eigenvalue weighted by Gasteiger charge is 2.09. The maximum absolute atomic E-state index is 6.30. The van der Waals surface area contributed by atoms with Gasteiger partial charge in [-0.15, -0.1) is 11.8 Å². The Morgan fingerprint density at radius 3 is 2.47 bits per heavy atom. The first kappa shape index (κ1) is 14.4. The second kappa shape index (κ2) is 6.47. The molecule has 2 N–H and O–H groups in total. The molecule has 1 unspecified atom stereocenters. The fourth-order valence-corrected chi connectivity index (χ4v) is 2.97. The summed E-state index contributed by atoms with van der Waals surface area (Å²) >= 11 is 7.64. The van der Waals surface area contributed by atoms with Crippen molar-refractivity contribution in [1.29, 1.82) is 0 Å². The van der Waals surface area contributed by atoms with E-state index in [-0.39, 0.29) is 6.04 Å². The second-order valence-corrected chi connectivity index (χ2v) is 6.26. The van der Waals surface area contributed by atoms with Crippen LogP contribution in [0.3, 0.4) is 0 Å². The average molecular weight is 292 g/mol. The molecule has 0 saturated carbocycles. The zero-order valence-corrected chi connectivity index (χ0v) is 12.8. The van der Waals surface area contributed by atoms with Crippen LogP contribution < -0.4 is 5.73 Å². The highest BCUT2D eigenvalue weighted by Crippen LogP contribution is 2.26. The number of nitrogens with two attached hydrogens (primary N) is 1. The Labute approximate surface area is 124 Å². The SMILES string of the molecule is Cc1ccc(C)c(C(N)CSc2ccc(Cl)cc2)c1. The van der Waals surface area contributed by atoms with Crippen molar-refractivity contribution in [2.45, 2.75) is 24.8 Å². The van der Waals surface area contributed by atoms with Crippen molar-refractivity contribution < 1.29 is 0 Å². The molecule has 0 heterocycles. The van der Waals surface area contributed by atoms with Gasteiger partial charge in [-0.3, -0.25) is 0 Å². The zero-order chi connectivity index (χ0) is 13.8. The van der Waals surface area contributed by atoms with Crippen molar-refractivity contribution in [1.82, 2.24) is 0 Å². The number of hydrogen-bond donors (Lipinski definition) is 1. The molecule has 2 rings (SSSR count). The molecule has 19 heavy (non-hydrogen) atoms. The maximum Gasteiger partial charge on any atom is 0.0406 e. The predicted molar refractivity (Wildman–Crippen MR) is 85.0 cm³/mol. The molecule has 0 aliphatic carbocycles. The van der Waals surface area contributed by atoms with E-state index in [0.29, 0.717) is 0 Å². The van der Waals surface area contributed by atoms with Crippen LogP contribution in [-0.2, 0) is 0 Å². The molecule has 0 aromatic heterocycles. The third-order valence-corrected chi connectivity index (χ3v) is 4.46. The molecule has 1 nitrogen and oxygen atoms in total. The van der Waals surface area contributed by atoms with Crippen LogP contribution in [0.25, 0.3) is 0 Å². The number of aryl methyl sites for hydroxylation is 2. The van der Waals surface area contributed by atoms with Crippen LogP contribution in [0, 0.1) is 13.8 Å². The molecule has 3 heteroatoms. The van der Waals surface area contributed by atoms with Gasteiger partial charge >= 0.3 is 0 Å². The van der Waals surface area contributed by atoms with Gasteiger partial charge < -0.3 is 5.73 Å². The standard InChI is InChI=1S/C16H18ClNS/c1-11-3-4-12(2)15(9-11)16(18)10-19-14-7-5-13(17)6-8-14/h3-9,16H,10,18H2,1-2H3. The van der Waals surface area contributed by atoms with Crippen LogP contribution in [-0.4, -0.2) is 5.75 Å². The minimum atomic E-state index is 0.0561. The predicted octanol–water partition coefficient (Wildman–Crippen LogP) is 4.75. The van der Waals surface area contributed by atoms with Crippen molar-refractivity contribution in [3.05, 3.63) is 64.2 Å². The number of halogens is 1. The lowest BCUT2D eigenvalue weighted by Crippen LogP contribution is -2.14. The van der Waals surface area contributed by atoms with Crippen LogP contribution in [0.2, 0.25) is 5.02 Å². The molecule has 0 spiro atoms. The Hall–Kier alpha value is -0.960. The van der Waals surface area contributed by atoms with E-state index < -0.39 is 0 Å². The number of thioether (sulfide) groups is 1. The second-order valence-electron chi connectivity index (χ2n) is 4.73. The first-order valence-corrected chi connectivity index (χ1v) is 7.64. The van der Waals surface area contributed by atoms with Gasteiger partial charge in [-0.2, -0.15) is 0 Å². The monoisotopic (exact) mass is 291 g/mol. The van der Waals surface area contributed by atoms with Crippen molar-refractivity contribution in [2.24, 2.45) is 5.73 Å². The Morgan fingerprint density at radius 2 is 1.79 bits per heavy atom. The van der Waals surface area contributed by atoms with Crippen LogP contribution >= 0.6 is 23.4 Å². The molecule has 2 aromatic rings. The van der Waals surface area contributed by atoms with Crippen molar-refractivity contribution >= 4 is 23.4 Å². The van der Waals surface area contributed by atoms with Crippen LogP contribution in [0.5, 0.6) is 0 Å². The molecule has 0 radical (unpaired) electrons. The fourth-order valence-electron chi connectivity index (χ4n) is 1.97. The number of rotatable bonds is 4. The van der Waals surface area contributed by atoms with E-state index in [1.165, 1.54) is 21.6 Å². The maximum atomic E-state index is 6.30. The van der Waals surface area contributed by atoms with E-state index in [9.17, 15) is 0 Å². The summed E-state index contributed by atoms with van der Waals surface area (Å²) in [4.78, 5) is 1.20. The van der Waals surface area contributed by atoms with E-state index in [1.807, 2.05) is 24.3 Å². The Kier molecular flexibility index (Phi) is 4.92. The summed E-state index contributed by atoms with van der Waals surface area (Å²) in [5, 5.41) is 0.767. The molecule has 0 bridgehead atoms. The van der Waals surface area contributed by atoms with E-state index in [1.54, 1.807) is 11.8 Å². The summed E-state index contributed by atoms with van der Waals surface area (Å²) in [5.74, 6) is 0.867. The highest BCUT2D eigenvalue weighted by atomic mass is 35.5. The Morgan fingerprint density at radius 1 is 1.11 bits per heavy atom. The summed E-state index contributed by atoms with van der Waals surface area (Å²) in [6.07, 6.45) is 0. The summed E-state index contributed by atoms with van der Waals surface area (Å²) in [6.45, 7) is 4.21. The van der Waals surface area contributed by atoms with E-state index in [2.05, 4.69) is 32.0 Å². The van der Waals surface area contributed by atoms with Crippen LogP contribution in [0.15, 0.2) is 47.4 Å². The van der Waals surface area contributed by atoms with Crippen molar-refractivity contribution in [2.75, 3.05) is 5.75 Å². The number of hydrogen-bond acceptors (Lipinski definition) is 2. The van der Waals surface area contributed by atoms with Gasteiger partial charge in [-0.25, -0.2) is 0 Å². The quantitative estimate of drug-likeness (QED) is 0.823. The number of benzene rings is 2. The normalized spacial score (nSPS) is 12.4. The third-order valence-electron chi connectivity index (χ3n) is 3.08. The molecule has 0 fully saturated rings. The summed E-state index contributed by atoms with van der Waals surface area (Å²) < 4.78 is 0. The average Bonchev–Trinajstić information content (AvgIpc) is 2.40. The Balaban J connectivity index is 2.03. The van der Waals surface area contributed by atoms with Gasteiger partial charge in [-0.05, 0) is 49.2 Å². The van der Waals surface area contributed by atoms with Crippen molar-refractivity contribution in [3.8, 4) is 0 Å². The lowest BCUT2D eigenvalue weighted by Gasteiger charge is -2.15. The first-order valence-electron chi connectivity index (χ1n) is 6.27. The molecule has 2 aromatic carbocycles. The molecule has 100 valence electrons. The Bertz CT molecular complexity index is 551. The molecule has 1 atom stereocenters. The lowest BCUT2D eigenvalue weighted by molar-refractivity contribution is 0.821. The summed E-state index contributed by atoms with van der Waals surface area (Å²) in [6, 6.07) is 14.4. The van der Waals surface area contributed by atoms with Gasteiger partial charge in [0, 0.05) is 21.7 Å². The summed E-state index contributed by atoms with van der Waals surface area (Å²) in [7, 11) is 0. The largest absolute Gasteiger partial charge is 0.323 e. The van der Waals surface area contributed by atoms with E-state index in [4.69, 9.17) is 17.3 Å². The third kappa shape index (κ3) is 4.00. The molecule has 0 amide bonds. The topological polar surface area (TPSA) is 26.0 Å². The minimum Gasteiger partial charge on any atom is -0.323 e. The molecular weight excluding hydrogens is 274 g/mol. The van der Waals surface area contributed by atoms with Crippen LogP contribution in [0.1, 0.15) is 22.7 Å². The molecule has 0 aliphatic rings. The smallest absolute Gasteiger partial charge is 0.0406 e. The van der Waals surface area contributed by atoms with Gasteiger partial charge in [0.25, 0.3) is 0 Å². The van der Waals surface area contributed by atoms with Gasteiger partial charge in [0.15, 0.2) is 0 Å². The van der Waals surface area contributed by atoms with E-state index in [0.717, 1.165) is 10.8 Å². The van der Waals surface area contributed by atoms with Gasteiger partial charge in [0.05, 0.1) is 0 Å². The zero-order valence-electron chi connectivity index (χ0n) is 11.2. The molecule has 0 aliphatic heterocycles. The van der Waals surface area contributed by atoms with E-state index >= 15 is 0 Å². The first-order chi connectivity index (χ1) is 9.06. The van der Waals surface area contributed by atoms with Crippen molar-refractivity contribution in [3.63, 3.8) is 0 Å². The van der Waals surface area contributed by atoms with Gasteiger partial charge in [0.1, 0.15) is 0 Å². The van der Waals surface area contributed by atoms with Crippen LogP contribution in [0.4, 0.5) is 0 Å². The minimum absolute atomic E-state index is 0.0561. The van der Waals surface area contributed by atoms with Gasteiger partial charge in [0.2, 0.25) is 0 Å². The highest BCUT2D eigenvalue weighted by molar-refractivity contribution is 7.99. The van der Waals surface area contributed by atoms with Gasteiger partial charge in [-0.1, -0.05) is 35.4 Å². The molecular formula is C16H18ClNS. The lowest BCUT2D eigenvalue weighted by atomic mass is 10.0. The summed E-state index contributed by atoms with van der Waals surface area (Å²) in [5.41, 5.74) is 10.0. The molecule has 0 saturated heterocycles. The fraction of sp³-hybridized carbons (Fsp3) is 0.250.